The number of carboxylic acids is 1. The molecular weight excluding hydrogens is 287 g/mol. The number of hydrogen-bond acceptors (Lipinski definition) is 3. The maximum atomic E-state index is 12.3. The summed E-state index contributed by atoms with van der Waals surface area (Å²) in [6, 6.07) is 5.41. The predicted octanol–water partition coefficient (Wildman–Crippen LogP) is 3.24. The second-order valence-corrected chi connectivity index (χ2v) is 4.72. The molecular formula is C14H14F3NO3. The maximum Gasteiger partial charge on any atom is 0.391 e. The number of fused-ring (bicyclic) bond motifs is 1. The molecule has 2 rings (SSSR count). The number of carbonyl (C=O) groups is 1. The molecule has 0 saturated heterocycles. The number of benzene rings is 1. The number of rotatable bonds is 5. The van der Waals surface area contributed by atoms with Crippen molar-refractivity contribution in [2.75, 3.05) is 0 Å². The topological polar surface area (TPSA) is 62.5 Å². The summed E-state index contributed by atoms with van der Waals surface area (Å²) in [5.74, 6) is -0.974. The molecule has 114 valence electrons. The van der Waals surface area contributed by atoms with E-state index in [9.17, 15) is 18.0 Å². The number of hydrogen-bond donors (Lipinski definition) is 2. The number of aliphatic carboxylic acids is 1. The Morgan fingerprint density at radius 1 is 1.38 bits per heavy atom. The van der Waals surface area contributed by atoms with E-state index in [2.05, 4.69) is 5.32 Å². The number of nitrogens with one attached hydrogen (secondary N) is 1. The van der Waals surface area contributed by atoms with Crippen LogP contribution in [0.1, 0.15) is 17.7 Å². The molecule has 21 heavy (non-hydrogen) atoms. The van der Waals surface area contributed by atoms with Crippen LogP contribution in [0.3, 0.4) is 0 Å². The van der Waals surface area contributed by atoms with Gasteiger partial charge in [-0.3, -0.25) is 10.1 Å². The van der Waals surface area contributed by atoms with Crippen molar-refractivity contribution >= 4 is 16.9 Å². The summed E-state index contributed by atoms with van der Waals surface area (Å²) in [4.78, 5) is 10.9. The molecule has 1 aromatic heterocycles. The lowest BCUT2D eigenvalue weighted by Crippen LogP contribution is -2.39. The van der Waals surface area contributed by atoms with Crippen molar-refractivity contribution in [3.8, 4) is 0 Å². The van der Waals surface area contributed by atoms with E-state index >= 15 is 0 Å². The Morgan fingerprint density at radius 3 is 2.67 bits per heavy atom. The minimum Gasteiger partial charge on any atom is -0.480 e. The van der Waals surface area contributed by atoms with Crippen LogP contribution in [-0.2, 0) is 11.3 Å². The molecule has 0 radical (unpaired) electrons. The van der Waals surface area contributed by atoms with Crippen molar-refractivity contribution in [2.45, 2.75) is 32.1 Å². The minimum atomic E-state index is -4.54. The first-order chi connectivity index (χ1) is 9.78. The Morgan fingerprint density at radius 2 is 2.05 bits per heavy atom. The molecule has 7 heteroatoms. The highest BCUT2D eigenvalue weighted by molar-refractivity contribution is 5.82. The molecule has 0 saturated carbocycles. The highest BCUT2D eigenvalue weighted by atomic mass is 19.4. The van der Waals surface area contributed by atoms with Gasteiger partial charge in [-0.2, -0.15) is 13.2 Å². The largest absolute Gasteiger partial charge is 0.480 e. The predicted molar refractivity (Wildman–Crippen MR) is 69.9 cm³/mol. The van der Waals surface area contributed by atoms with Crippen molar-refractivity contribution in [2.24, 2.45) is 0 Å². The Bertz CT molecular complexity index is 648. The average Bonchev–Trinajstić information content (AvgIpc) is 2.68. The van der Waals surface area contributed by atoms with Crippen LogP contribution >= 0.6 is 0 Å². The number of furan rings is 1. The zero-order chi connectivity index (χ0) is 15.6. The Kier molecular flexibility index (Phi) is 4.22. The van der Waals surface area contributed by atoms with E-state index in [0.29, 0.717) is 16.9 Å². The van der Waals surface area contributed by atoms with Gasteiger partial charge in [0.15, 0.2) is 0 Å². The fourth-order valence-corrected chi connectivity index (χ4v) is 2.14. The molecule has 0 aliphatic heterocycles. The van der Waals surface area contributed by atoms with E-state index in [1.807, 2.05) is 0 Å². The second-order valence-electron chi connectivity index (χ2n) is 4.72. The Labute approximate surface area is 118 Å². The van der Waals surface area contributed by atoms with E-state index in [1.165, 1.54) is 0 Å². The van der Waals surface area contributed by atoms with Crippen LogP contribution in [0, 0.1) is 6.92 Å². The van der Waals surface area contributed by atoms with Crippen LogP contribution < -0.4 is 5.32 Å². The molecule has 4 nitrogen and oxygen atoms in total. The number of para-hydroxylation sites is 1. The molecule has 1 atom stereocenters. The smallest absolute Gasteiger partial charge is 0.391 e. The average molecular weight is 301 g/mol. The molecule has 1 heterocycles. The normalized spacial score (nSPS) is 13.5. The van der Waals surface area contributed by atoms with Gasteiger partial charge in [0.05, 0.1) is 6.42 Å². The van der Waals surface area contributed by atoms with Gasteiger partial charge in [0.2, 0.25) is 0 Å². The standard InChI is InChI=1S/C14H14F3NO3/c1-8-10(9-4-2-3-5-12(9)21-8)7-18-11(13(19)20)6-14(15,16)17/h2-5,11,18H,6-7H2,1H3,(H,19,20). The van der Waals surface area contributed by atoms with Gasteiger partial charge in [-0.25, -0.2) is 0 Å². The third kappa shape index (κ3) is 3.75. The van der Waals surface area contributed by atoms with Crippen molar-refractivity contribution in [1.29, 1.82) is 0 Å². The quantitative estimate of drug-likeness (QED) is 0.890. The third-order valence-corrected chi connectivity index (χ3v) is 3.16. The molecule has 0 aliphatic carbocycles. The van der Waals surface area contributed by atoms with Crippen LogP contribution in [0.25, 0.3) is 11.0 Å². The zero-order valence-electron chi connectivity index (χ0n) is 11.2. The number of aryl methyl sites for hydroxylation is 1. The van der Waals surface area contributed by atoms with Gasteiger partial charge >= 0.3 is 12.1 Å². The third-order valence-electron chi connectivity index (χ3n) is 3.16. The second kappa shape index (κ2) is 5.77. The first-order valence-electron chi connectivity index (χ1n) is 6.28. The maximum absolute atomic E-state index is 12.3. The first-order valence-corrected chi connectivity index (χ1v) is 6.28. The monoisotopic (exact) mass is 301 g/mol. The van der Waals surface area contributed by atoms with E-state index in [4.69, 9.17) is 9.52 Å². The molecule has 0 amide bonds. The fourth-order valence-electron chi connectivity index (χ4n) is 2.14. The SMILES string of the molecule is Cc1oc2ccccc2c1CNC(CC(F)(F)F)C(=O)O. The van der Waals surface area contributed by atoms with Gasteiger partial charge in [-0.05, 0) is 13.0 Å². The van der Waals surface area contributed by atoms with Crippen molar-refractivity contribution in [1.82, 2.24) is 5.32 Å². The lowest BCUT2D eigenvalue weighted by atomic mass is 10.1. The summed E-state index contributed by atoms with van der Waals surface area (Å²) in [5, 5.41) is 12.1. The van der Waals surface area contributed by atoms with Crippen LogP contribution in [-0.4, -0.2) is 23.3 Å². The Hall–Kier alpha value is -2.02. The van der Waals surface area contributed by atoms with Crippen LogP contribution in [0.2, 0.25) is 0 Å². The fraction of sp³-hybridized carbons (Fsp3) is 0.357. The Balaban J connectivity index is 2.16. The zero-order valence-corrected chi connectivity index (χ0v) is 11.2. The molecule has 0 fully saturated rings. The lowest BCUT2D eigenvalue weighted by molar-refractivity contribution is -0.158. The summed E-state index contributed by atoms with van der Waals surface area (Å²) < 4.78 is 42.5. The van der Waals surface area contributed by atoms with Gasteiger partial charge in [-0.15, -0.1) is 0 Å². The van der Waals surface area contributed by atoms with Crippen LogP contribution in [0.4, 0.5) is 13.2 Å². The van der Waals surface area contributed by atoms with Gasteiger partial charge in [0.25, 0.3) is 0 Å². The van der Waals surface area contributed by atoms with E-state index in [1.54, 1.807) is 31.2 Å². The molecule has 1 unspecified atom stereocenters. The molecule has 0 bridgehead atoms. The number of alkyl halides is 3. The highest BCUT2D eigenvalue weighted by Gasteiger charge is 2.35. The van der Waals surface area contributed by atoms with E-state index in [0.717, 1.165) is 5.39 Å². The van der Waals surface area contributed by atoms with Crippen LogP contribution in [0.5, 0.6) is 0 Å². The molecule has 2 aromatic rings. The lowest BCUT2D eigenvalue weighted by Gasteiger charge is -2.16. The summed E-state index contributed by atoms with van der Waals surface area (Å²) in [6.45, 7) is 1.69. The van der Waals surface area contributed by atoms with Gasteiger partial charge < -0.3 is 9.52 Å². The highest BCUT2D eigenvalue weighted by Crippen LogP contribution is 2.26. The molecule has 0 aliphatic rings. The summed E-state index contributed by atoms with van der Waals surface area (Å²) in [6.07, 6.45) is -5.96. The summed E-state index contributed by atoms with van der Waals surface area (Å²) in [7, 11) is 0. The van der Waals surface area contributed by atoms with Gasteiger partial charge in [-0.1, -0.05) is 18.2 Å². The first kappa shape index (κ1) is 15.4. The molecule has 0 spiro atoms. The van der Waals surface area contributed by atoms with E-state index in [-0.39, 0.29) is 6.54 Å². The minimum absolute atomic E-state index is 0.00407. The van der Waals surface area contributed by atoms with Crippen molar-refractivity contribution in [3.63, 3.8) is 0 Å². The molecule has 2 N–H and O–H groups in total. The summed E-state index contributed by atoms with van der Waals surface area (Å²) in [5.41, 5.74) is 1.29. The van der Waals surface area contributed by atoms with Gasteiger partial charge in [0.1, 0.15) is 17.4 Å². The summed E-state index contributed by atoms with van der Waals surface area (Å²) >= 11 is 0. The van der Waals surface area contributed by atoms with Crippen molar-refractivity contribution in [3.05, 3.63) is 35.6 Å². The van der Waals surface area contributed by atoms with E-state index < -0.39 is 24.6 Å². The molecule has 1 aromatic carbocycles. The van der Waals surface area contributed by atoms with Gasteiger partial charge in [0, 0.05) is 17.5 Å². The number of halogens is 3. The van der Waals surface area contributed by atoms with Crippen molar-refractivity contribution < 1.29 is 27.5 Å². The van der Waals surface area contributed by atoms with Crippen LogP contribution in [0.15, 0.2) is 28.7 Å². The number of carboxylic acid groups (broad SMARTS) is 1.